The van der Waals surface area contributed by atoms with Crippen LogP contribution >= 0.6 is 11.8 Å². The van der Waals surface area contributed by atoms with Crippen LogP contribution in [-0.2, 0) is 9.53 Å². The molecule has 1 saturated heterocycles. The van der Waals surface area contributed by atoms with Gasteiger partial charge in [0.25, 0.3) is 0 Å². The summed E-state index contributed by atoms with van der Waals surface area (Å²) in [5.41, 5.74) is 7.64. The number of carbonyl (C=O) groups is 1. The van der Waals surface area contributed by atoms with Crippen molar-refractivity contribution in [2.24, 2.45) is 0 Å². The molecule has 1 aliphatic heterocycles. The molecule has 1 amide bonds. The second-order valence-corrected chi connectivity index (χ2v) is 6.13. The highest BCUT2D eigenvalue weighted by atomic mass is 32.2. The number of carbonyl (C=O) groups excluding carboxylic acids is 1. The Labute approximate surface area is 118 Å². The number of hydrogen-bond acceptors (Lipinski definition) is 4. The molecule has 4 nitrogen and oxygen atoms in total. The highest BCUT2D eigenvalue weighted by molar-refractivity contribution is 8.00. The second-order valence-electron chi connectivity index (χ2n) is 4.72. The lowest BCUT2D eigenvalue weighted by atomic mass is 10.2. The molecule has 1 aromatic rings. The topological polar surface area (TPSA) is 55.6 Å². The van der Waals surface area contributed by atoms with Crippen molar-refractivity contribution < 1.29 is 9.53 Å². The van der Waals surface area contributed by atoms with Gasteiger partial charge in [-0.1, -0.05) is 0 Å². The van der Waals surface area contributed by atoms with Gasteiger partial charge in [-0.25, -0.2) is 0 Å². The predicted octanol–water partition coefficient (Wildman–Crippen LogP) is 1.92. The van der Waals surface area contributed by atoms with Gasteiger partial charge < -0.3 is 15.4 Å². The minimum Gasteiger partial charge on any atom is -0.399 e. The molecule has 1 heterocycles. The molecule has 0 spiro atoms. The Morgan fingerprint density at radius 3 is 2.74 bits per heavy atom. The van der Waals surface area contributed by atoms with Crippen LogP contribution in [0.3, 0.4) is 0 Å². The van der Waals surface area contributed by atoms with E-state index in [2.05, 4.69) is 0 Å². The number of nitrogens with zero attached hydrogens (tertiary/aromatic N) is 1. The van der Waals surface area contributed by atoms with E-state index in [4.69, 9.17) is 10.5 Å². The van der Waals surface area contributed by atoms with Gasteiger partial charge in [0.15, 0.2) is 0 Å². The van der Waals surface area contributed by atoms with Gasteiger partial charge in [0.2, 0.25) is 5.91 Å². The maximum absolute atomic E-state index is 12.3. The van der Waals surface area contributed by atoms with Crippen molar-refractivity contribution >= 4 is 23.4 Å². The van der Waals surface area contributed by atoms with E-state index in [9.17, 15) is 4.79 Å². The van der Waals surface area contributed by atoms with E-state index >= 15 is 0 Å². The minimum absolute atomic E-state index is 0.0823. The molecule has 1 atom stereocenters. The summed E-state index contributed by atoms with van der Waals surface area (Å²) in [5, 5.41) is -0.0823. The Morgan fingerprint density at radius 1 is 1.42 bits per heavy atom. The van der Waals surface area contributed by atoms with E-state index in [0.717, 1.165) is 16.1 Å². The summed E-state index contributed by atoms with van der Waals surface area (Å²) in [4.78, 5) is 15.2. The monoisotopic (exact) mass is 280 g/mol. The van der Waals surface area contributed by atoms with Crippen molar-refractivity contribution in [2.45, 2.75) is 24.0 Å². The van der Waals surface area contributed by atoms with Crippen LogP contribution in [0.25, 0.3) is 0 Å². The number of rotatable bonds is 3. The number of anilines is 1. The number of morpholine rings is 1. The van der Waals surface area contributed by atoms with Gasteiger partial charge in [0.05, 0.1) is 18.5 Å². The van der Waals surface area contributed by atoms with Crippen molar-refractivity contribution in [3.05, 3.63) is 23.8 Å². The highest BCUT2D eigenvalue weighted by Gasteiger charge is 2.23. The van der Waals surface area contributed by atoms with Gasteiger partial charge in [0.1, 0.15) is 0 Å². The van der Waals surface area contributed by atoms with E-state index in [-0.39, 0.29) is 11.2 Å². The fourth-order valence-electron chi connectivity index (χ4n) is 2.02. The SMILES string of the molecule is Cc1cc(SC(C)C(=O)N2CCOCC2)ccc1N. The molecule has 2 N–H and O–H groups in total. The zero-order valence-corrected chi connectivity index (χ0v) is 12.2. The Morgan fingerprint density at radius 2 is 2.11 bits per heavy atom. The minimum atomic E-state index is -0.0823. The molecule has 1 aliphatic rings. The Hall–Kier alpha value is -1.20. The molecule has 5 heteroatoms. The largest absolute Gasteiger partial charge is 0.399 e. The van der Waals surface area contributed by atoms with Crippen LogP contribution in [0.15, 0.2) is 23.1 Å². The van der Waals surface area contributed by atoms with Crippen molar-refractivity contribution in [1.29, 1.82) is 0 Å². The summed E-state index contributed by atoms with van der Waals surface area (Å²) in [7, 11) is 0. The van der Waals surface area contributed by atoms with E-state index < -0.39 is 0 Å². The van der Waals surface area contributed by atoms with Gasteiger partial charge in [-0.15, -0.1) is 11.8 Å². The van der Waals surface area contributed by atoms with E-state index in [0.29, 0.717) is 26.3 Å². The molecule has 0 saturated carbocycles. The quantitative estimate of drug-likeness (QED) is 0.679. The van der Waals surface area contributed by atoms with Gasteiger partial charge in [-0.3, -0.25) is 4.79 Å². The first-order valence-corrected chi connectivity index (χ1v) is 7.35. The number of hydrogen-bond donors (Lipinski definition) is 1. The maximum Gasteiger partial charge on any atom is 0.235 e. The van der Waals surface area contributed by atoms with E-state index in [1.807, 2.05) is 36.9 Å². The van der Waals surface area contributed by atoms with Gasteiger partial charge in [-0.05, 0) is 37.6 Å². The molecule has 1 fully saturated rings. The predicted molar refractivity (Wildman–Crippen MR) is 78.3 cm³/mol. The number of nitrogen functional groups attached to an aromatic ring is 1. The molecule has 19 heavy (non-hydrogen) atoms. The summed E-state index contributed by atoms with van der Waals surface area (Å²) in [5.74, 6) is 0.183. The first-order valence-electron chi connectivity index (χ1n) is 6.47. The zero-order chi connectivity index (χ0) is 13.8. The van der Waals surface area contributed by atoms with Crippen LogP contribution < -0.4 is 5.73 Å². The first-order chi connectivity index (χ1) is 9.08. The summed E-state index contributed by atoms with van der Waals surface area (Å²) in [6, 6.07) is 5.89. The number of nitrogens with two attached hydrogens (primary N) is 1. The lowest BCUT2D eigenvalue weighted by Crippen LogP contribution is -2.44. The standard InChI is InChI=1S/C14H20N2O2S/c1-10-9-12(3-4-13(10)15)19-11(2)14(17)16-5-7-18-8-6-16/h3-4,9,11H,5-8,15H2,1-2H3. The van der Waals surface area contributed by atoms with E-state index in [1.165, 1.54) is 0 Å². The highest BCUT2D eigenvalue weighted by Crippen LogP contribution is 2.27. The normalized spacial score (nSPS) is 17.3. The average molecular weight is 280 g/mol. The van der Waals surface area contributed by atoms with Crippen LogP contribution in [0.4, 0.5) is 5.69 Å². The smallest absolute Gasteiger partial charge is 0.235 e. The number of ether oxygens (including phenoxy) is 1. The van der Waals surface area contributed by atoms with Crippen LogP contribution in [0.5, 0.6) is 0 Å². The lowest BCUT2D eigenvalue weighted by Gasteiger charge is -2.29. The first kappa shape index (κ1) is 14.2. The summed E-state index contributed by atoms with van der Waals surface area (Å²) < 4.78 is 5.26. The van der Waals surface area contributed by atoms with Crippen molar-refractivity contribution in [3.63, 3.8) is 0 Å². The number of thioether (sulfide) groups is 1. The molecular formula is C14H20N2O2S. The van der Waals surface area contributed by atoms with Gasteiger partial charge in [-0.2, -0.15) is 0 Å². The maximum atomic E-state index is 12.3. The summed E-state index contributed by atoms with van der Waals surface area (Å²) in [6.07, 6.45) is 0. The summed E-state index contributed by atoms with van der Waals surface area (Å²) >= 11 is 1.58. The number of amides is 1. The summed E-state index contributed by atoms with van der Waals surface area (Å²) in [6.45, 7) is 6.62. The second kappa shape index (κ2) is 6.30. The molecule has 0 aromatic heterocycles. The van der Waals surface area contributed by atoms with Crippen LogP contribution in [0.2, 0.25) is 0 Å². The lowest BCUT2D eigenvalue weighted by molar-refractivity contribution is -0.134. The van der Waals surface area contributed by atoms with Crippen LogP contribution in [-0.4, -0.2) is 42.4 Å². The van der Waals surface area contributed by atoms with Crippen molar-refractivity contribution in [3.8, 4) is 0 Å². The number of aryl methyl sites for hydroxylation is 1. The molecule has 1 aromatic carbocycles. The fourth-order valence-corrected chi connectivity index (χ4v) is 3.07. The third kappa shape index (κ3) is 3.64. The molecule has 2 rings (SSSR count). The zero-order valence-electron chi connectivity index (χ0n) is 11.4. The average Bonchev–Trinajstić information content (AvgIpc) is 2.43. The third-order valence-electron chi connectivity index (χ3n) is 3.22. The molecule has 0 bridgehead atoms. The molecule has 104 valence electrons. The Kier molecular flexibility index (Phi) is 4.71. The van der Waals surface area contributed by atoms with Crippen LogP contribution in [0, 0.1) is 6.92 Å². The number of benzene rings is 1. The van der Waals surface area contributed by atoms with Crippen molar-refractivity contribution in [2.75, 3.05) is 32.0 Å². The van der Waals surface area contributed by atoms with E-state index in [1.54, 1.807) is 11.8 Å². The fraction of sp³-hybridized carbons (Fsp3) is 0.500. The van der Waals surface area contributed by atoms with Crippen molar-refractivity contribution in [1.82, 2.24) is 4.90 Å². The van der Waals surface area contributed by atoms with Gasteiger partial charge >= 0.3 is 0 Å². The molecule has 0 aliphatic carbocycles. The van der Waals surface area contributed by atoms with Gasteiger partial charge in [0, 0.05) is 23.7 Å². The molecular weight excluding hydrogens is 260 g/mol. The molecule has 0 radical (unpaired) electrons. The molecule has 1 unspecified atom stereocenters. The third-order valence-corrected chi connectivity index (χ3v) is 4.31. The Bertz CT molecular complexity index is 459. The van der Waals surface area contributed by atoms with Crippen LogP contribution in [0.1, 0.15) is 12.5 Å². The Balaban J connectivity index is 1.97.